The minimum atomic E-state index is -0.483. The van der Waals surface area contributed by atoms with Crippen LogP contribution in [0.1, 0.15) is 73.6 Å². The molecule has 0 atom stereocenters. The third kappa shape index (κ3) is 6.68. The monoisotopic (exact) mass is 650 g/mol. The lowest BCUT2D eigenvalue weighted by molar-refractivity contribution is 0.273. The molecule has 0 bridgehead atoms. The fourth-order valence-electron chi connectivity index (χ4n) is 7.63. The summed E-state index contributed by atoms with van der Waals surface area (Å²) in [7, 11) is 0. The maximum absolute atomic E-state index is 9.03. The van der Waals surface area contributed by atoms with Gasteiger partial charge in [0.1, 0.15) is 11.5 Å². The standard InChI is InChI=1S/C45H46O4/c46-25-9-1-3-11-27-48-39-23-19-33-29-37(21-17-35(33)31-39)45(43-15-7-5-13-41(43)42-14-6-8-16-44(42)45)38-22-18-36-32-40(24-20-34(36)30-38)49-28-12-4-2-10-26-47/h5-8,13-24,29-32,46-47H,1-4,9-12,25-28H2. The first-order valence-electron chi connectivity index (χ1n) is 18.0. The zero-order valence-corrected chi connectivity index (χ0v) is 28.2. The van der Waals surface area contributed by atoms with Gasteiger partial charge in [0, 0.05) is 13.2 Å². The molecule has 0 saturated carbocycles. The highest BCUT2D eigenvalue weighted by Gasteiger charge is 2.46. The highest BCUT2D eigenvalue weighted by molar-refractivity contribution is 5.92. The van der Waals surface area contributed by atoms with Gasteiger partial charge < -0.3 is 19.7 Å². The van der Waals surface area contributed by atoms with Gasteiger partial charge in [-0.3, -0.25) is 0 Å². The molecule has 49 heavy (non-hydrogen) atoms. The molecule has 4 heteroatoms. The van der Waals surface area contributed by atoms with Crippen LogP contribution >= 0.6 is 0 Å². The number of ether oxygens (including phenoxy) is 2. The van der Waals surface area contributed by atoms with Crippen LogP contribution in [0.4, 0.5) is 0 Å². The topological polar surface area (TPSA) is 58.9 Å². The Morgan fingerprint density at radius 3 is 1.29 bits per heavy atom. The van der Waals surface area contributed by atoms with Gasteiger partial charge in [0.25, 0.3) is 0 Å². The Balaban J connectivity index is 1.25. The summed E-state index contributed by atoms with van der Waals surface area (Å²) in [6, 6.07) is 44.5. The first-order chi connectivity index (χ1) is 24.2. The Bertz CT molecular complexity index is 1880. The number of rotatable bonds is 16. The second kappa shape index (κ2) is 15.3. The first kappa shape index (κ1) is 32.9. The molecule has 0 saturated heterocycles. The summed E-state index contributed by atoms with van der Waals surface area (Å²) >= 11 is 0. The summed E-state index contributed by atoms with van der Waals surface area (Å²) in [5.74, 6) is 1.79. The summed E-state index contributed by atoms with van der Waals surface area (Å²) < 4.78 is 12.2. The normalized spacial score (nSPS) is 13.0. The van der Waals surface area contributed by atoms with E-state index in [0.717, 1.165) is 73.6 Å². The van der Waals surface area contributed by atoms with Crippen LogP contribution in [-0.4, -0.2) is 36.6 Å². The van der Waals surface area contributed by atoms with Crippen molar-refractivity contribution in [2.75, 3.05) is 26.4 Å². The molecule has 6 aromatic rings. The quantitative estimate of drug-likeness (QED) is 0.102. The summed E-state index contributed by atoms with van der Waals surface area (Å²) in [5, 5.41) is 22.8. The van der Waals surface area contributed by atoms with E-state index in [-0.39, 0.29) is 13.2 Å². The zero-order valence-electron chi connectivity index (χ0n) is 28.2. The largest absolute Gasteiger partial charge is 0.494 e. The van der Waals surface area contributed by atoms with E-state index in [4.69, 9.17) is 19.7 Å². The maximum atomic E-state index is 9.03. The number of hydrogen-bond donors (Lipinski definition) is 2. The van der Waals surface area contributed by atoms with Gasteiger partial charge in [0.2, 0.25) is 0 Å². The van der Waals surface area contributed by atoms with Crippen molar-refractivity contribution < 1.29 is 19.7 Å². The predicted molar refractivity (Wildman–Crippen MR) is 201 cm³/mol. The summed E-state index contributed by atoms with van der Waals surface area (Å²) in [6.45, 7) is 1.90. The van der Waals surface area contributed by atoms with Crippen molar-refractivity contribution in [3.05, 3.63) is 144 Å². The molecule has 1 aliphatic carbocycles. The van der Waals surface area contributed by atoms with Crippen LogP contribution in [0, 0.1) is 0 Å². The third-order valence-corrected chi connectivity index (χ3v) is 10.1. The summed E-state index contributed by atoms with van der Waals surface area (Å²) in [4.78, 5) is 0. The van der Waals surface area contributed by atoms with Crippen molar-refractivity contribution in [2.24, 2.45) is 0 Å². The summed E-state index contributed by atoms with van der Waals surface area (Å²) in [6.07, 6.45) is 7.91. The van der Waals surface area contributed by atoms with Crippen LogP contribution < -0.4 is 9.47 Å². The molecule has 7 rings (SSSR count). The molecular weight excluding hydrogens is 604 g/mol. The Hall–Kier alpha value is -4.64. The van der Waals surface area contributed by atoms with Crippen molar-refractivity contribution in [2.45, 2.75) is 56.8 Å². The van der Waals surface area contributed by atoms with Gasteiger partial charge in [0.05, 0.1) is 18.6 Å². The van der Waals surface area contributed by atoms with Crippen molar-refractivity contribution in [1.82, 2.24) is 0 Å². The lowest BCUT2D eigenvalue weighted by Gasteiger charge is -2.34. The molecule has 2 N–H and O–H groups in total. The van der Waals surface area contributed by atoms with Crippen LogP contribution in [0.25, 0.3) is 32.7 Å². The Morgan fingerprint density at radius 1 is 0.408 bits per heavy atom. The minimum Gasteiger partial charge on any atom is -0.494 e. The second-order valence-electron chi connectivity index (χ2n) is 13.3. The van der Waals surface area contributed by atoms with Gasteiger partial charge in [-0.15, -0.1) is 0 Å². The average molecular weight is 651 g/mol. The molecule has 0 spiro atoms. The number of aliphatic hydroxyl groups is 2. The number of aliphatic hydroxyl groups excluding tert-OH is 2. The number of fused-ring (bicyclic) bond motifs is 5. The lowest BCUT2D eigenvalue weighted by atomic mass is 9.67. The molecule has 0 amide bonds. The van der Waals surface area contributed by atoms with Gasteiger partial charge >= 0.3 is 0 Å². The van der Waals surface area contributed by atoms with Crippen molar-refractivity contribution >= 4 is 21.5 Å². The second-order valence-corrected chi connectivity index (χ2v) is 13.3. The molecule has 0 aliphatic heterocycles. The lowest BCUT2D eigenvalue weighted by Crippen LogP contribution is -2.28. The van der Waals surface area contributed by atoms with Gasteiger partial charge in [-0.05, 0) is 130 Å². The number of benzene rings is 6. The fraction of sp³-hybridized carbons (Fsp3) is 0.289. The third-order valence-electron chi connectivity index (χ3n) is 10.1. The highest BCUT2D eigenvalue weighted by Crippen LogP contribution is 2.56. The average Bonchev–Trinajstić information content (AvgIpc) is 3.45. The number of unbranched alkanes of at least 4 members (excludes halogenated alkanes) is 6. The Morgan fingerprint density at radius 2 is 0.816 bits per heavy atom. The molecule has 4 nitrogen and oxygen atoms in total. The van der Waals surface area contributed by atoms with Crippen molar-refractivity contribution in [3.63, 3.8) is 0 Å². The zero-order chi connectivity index (χ0) is 33.5. The molecule has 0 unspecified atom stereocenters. The molecule has 6 aromatic carbocycles. The molecular formula is C45H46O4. The maximum Gasteiger partial charge on any atom is 0.119 e. The van der Waals surface area contributed by atoms with E-state index in [0.29, 0.717) is 13.2 Å². The van der Waals surface area contributed by atoms with E-state index in [1.54, 1.807) is 0 Å². The van der Waals surface area contributed by atoms with Crippen LogP contribution in [0.3, 0.4) is 0 Å². The molecule has 0 radical (unpaired) electrons. The van der Waals surface area contributed by atoms with E-state index in [2.05, 4.69) is 121 Å². The molecule has 0 aromatic heterocycles. The minimum absolute atomic E-state index is 0.261. The van der Waals surface area contributed by atoms with Crippen LogP contribution in [0.2, 0.25) is 0 Å². The predicted octanol–water partition coefficient (Wildman–Crippen LogP) is 10.2. The van der Waals surface area contributed by atoms with E-state index in [9.17, 15) is 0 Å². The van der Waals surface area contributed by atoms with Crippen LogP contribution in [-0.2, 0) is 5.41 Å². The Kier molecular flexibility index (Phi) is 10.3. The molecule has 1 aliphatic rings. The van der Waals surface area contributed by atoms with E-state index >= 15 is 0 Å². The number of hydrogen-bond acceptors (Lipinski definition) is 4. The van der Waals surface area contributed by atoms with Crippen molar-refractivity contribution in [3.8, 4) is 22.6 Å². The smallest absolute Gasteiger partial charge is 0.119 e. The van der Waals surface area contributed by atoms with Crippen molar-refractivity contribution in [1.29, 1.82) is 0 Å². The Labute approximate surface area is 290 Å². The molecule has 0 heterocycles. The molecule has 250 valence electrons. The summed E-state index contributed by atoms with van der Waals surface area (Å²) in [5.41, 5.74) is 7.18. The van der Waals surface area contributed by atoms with E-state index < -0.39 is 5.41 Å². The van der Waals surface area contributed by atoms with Crippen LogP contribution in [0.5, 0.6) is 11.5 Å². The van der Waals surface area contributed by atoms with Gasteiger partial charge in [-0.25, -0.2) is 0 Å². The highest BCUT2D eigenvalue weighted by atomic mass is 16.5. The van der Waals surface area contributed by atoms with Gasteiger partial charge in [-0.1, -0.05) is 97.8 Å². The van der Waals surface area contributed by atoms with Gasteiger partial charge in [0.15, 0.2) is 0 Å². The van der Waals surface area contributed by atoms with Gasteiger partial charge in [-0.2, -0.15) is 0 Å². The van der Waals surface area contributed by atoms with Crippen LogP contribution in [0.15, 0.2) is 121 Å². The fourth-order valence-corrected chi connectivity index (χ4v) is 7.63. The SMILES string of the molecule is OCCCCCCOc1ccc2cc(C3(c4ccc5cc(OCCCCCCO)ccc5c4)c4ccccc4-c4ccccc43)ccc2c1. The van der Waals surface area contributed by atoms with E-state index in [1.807, 2.05) is 0 Å². The first-order valence-corrected chi connectivity index (χ1v) is 18.0. The molecule has 0 fully saturated rings. The van der Waals surface area contributed by atoms with E-state index in [1.165, 1.54) is 44.2 Å².